The number of esters is 1. The van der Waals surface area contributed by atoms with Crippen molar-refractivity contribution in [2.45, 2.75) is 33.7 Å². The first-order valence-corrected chi connectivity index (χ1v) is 6.86. The van der Waals surface area contributed by atoms with E-state index in [-0.39, 0.29) is 5.97 Å². The van der Waals surface area contributed by atoms with E-state index >= 15 is 0 Å². The van der Waals surface area contributed by atoms with Crippen LogP contribution in [0.5, 0.6) is 0 Å². The number of rotatable bonds is 7. The molecule has 1 aromatic carbocycles. The van der Waals surface area contributed by atoms with Crippen LogP contribution in [0, 0.1) is 12.8 Å². The third-order valence-corrected chi connectivity index (χ3v) is 2.97. The van der Waals surface area contributed by atoms with Crippen molar-refractivity contribution in [1.82, 2.24) is 4.90 Å². The molecule has 0 aliphatic heterocycles. The second kappa shape index (κ2) is 7.95. The molecule has 0 aromatic heterocycles. The highest BCUT2D eigenvalue weighted by Gasteiger charge is 2.11. The van der Waals surface area contributed by atoms with E-state index in [1.165, 1.54) is 18.2 Å². The van der Waals surface area contributed by atoms with Crippen molar-refractivity contribution in [3.8, 4) is 0 Å². The molecule has 0 amide bonds. The molecular weight excluding hydrogens is 238 g/mol. The normalized spacial score (nSPS) is 11.1. The second-order valence-corrected chi connectivity index (χ2v) is 5.44. The van der Waals surface area contributed by atoms with Gasteiger partial charge in [-0.05, 0) is 18.4 Å². The van der Waals surface area contributed by atoms with Crippen molar-refractivity contribution < 1.29 is 9.53 Å². The zero-order valence-corrected chi connectivity index (χ0v) is 12.5. The van der Waals surface area contributed by atoms with Crippen molar-refractivity contribution in [3.63, 3.8) is 0 Å². The van der Waals surface area contributed by atoms with Gasteiger partial charge in [0.25, 0.3) is 0 Å². The molecule has 0 saturated heterocycles. The molecule has 106 valence electrons. The second-order valence-electron chi connectivity index (χ2n) is 5.44. The highest BCUT2D eigenvalue weighted by molar-refractivity contribution is 5.69. The lowest BCUT2D eigenvalue weighted by atomic mass is 10.1. The van der Waals surface area contributed by atoms with Gasteiger partial charge in [0, 0.05) is 19.6 Å². The number of ether oxygens (including phenoxy) is 1. The SMILES string of the molecule is COC(=O)CCN(Cc1cccc(C)c1)CC(C)C. The zero-order chi connectivity index (χ0) is 14.3. The van der Waals surface area contributed by atoms with Crippen LogP contribution < -0.4 is 0 Å². The molecule has 1 aromatic rings. The molecule has 19 heavy (non-hydrogen) atoms. The lowest BCUT2D eigenvalue weighted by Crippen LogP contribution is -2.30. The number of hydrogen-bond donors (Lipinski definition) is 0. The molecule has 0 aliphatic carbocycles. The van der Waals surface area contributed by atoms with Crippen LogP contribution in [0.1, 0.15) is 31.4 Å². The fourth-order valence-electron chi connectivity index (χ4n) is 2.17. The molecule has 0 unspecified atom stereocenters. The third kappa shape index (κ3) is 6.39. The fourth-order valence-corrected chi connectivity index (χ4v) is 2.17. The first kappa shape index (κ1) is 15.7. The first-order chi connectivity index (χ1) is 9.01. The van der Waals surface area contributed by atoms with Crippen molar-refractivity contribution in [1.29, 1.82) is 0 Å². The number of carbonyl (C=O) groups excluding carboxylic acids is 1. The minimum Gasteiger partial charge on any atom is -0.469 e. The smallest absolute Gasteiger partial charge is 0.306 e. The molecule has 3 nitrogen and oxygen atoms in total. The van der Waals surface area contributed by atoms with E-state index in [0.717, 1.165) is 19.6 Å². The van der Waals surface area contributed by atoms with Gasteiger partial charge in [0.15, 0.2) is 0 Å². The Kier molecular flexibility index (Phi) is 6.57. The summed E-state index contributed by atoms with van der Waals surface area (Å²) < 4.78 is 4.71. The van der Waals surface area contributed by atoms with Gasteiger partial charge in [-0.1, -0.05) is 43.7 Å². The Balaban J connectivity index is 2.60. The van der Waals surface area contributed by atoms with Gasteiger partial charge >= 0.3 is 5.97 Å². The zero-order valence-electron chi connectivity index (χ0n) is 12.5. The molecule has 0 atom stereocenters. The Bertz CT molecular complexity index is 401. The molecule has 3 heteroatoms. The summed E-state index contributed by atoms with van der Waals surface area (Å²) in [6.07, 6.45) is 0.453. The Morgan fingerprint density at radius 2 is 2.11 bits per heavy atom. The van der Waals surface area contributed by atoms with Gasteiger partial charge in [-0.15, -0.1) is 0 Å². The maximum Gasteiger partial charge on any atom is 0.306 e. The summed E-state index contributed by atoms with van der Waals surface area (Å²) in [5.41, 5.74) is 2.57. The van der Waals surface area contributed by atoms with E-state index in [1.807, 2.05) is 0 Å². The number of hydrogen-bond acceptors (Lipinski definition) is 3. The third-order valence-electron chi connectivity index (χ3n) is 2.97. The quantitative estimate of drug-likeness (QED) is 0.708. The van der Waals surface area contributed by atoms with Crippen molar-refractivity contribution >= 4 is 5.97 Å². The number of benzene rings is 1. The van der Waals surface area contributed by atoms with Gasteiger partial charge in [-0.3, -0.25) is 9.69 Å². The van der Waals surface area contributed by atoms with Crippen molar-refractivity contribution in [3.05, 3.63) is 35.4 Å². The number of nitrogens with zero attached hydrogens (tertiary/aromatic N) is 1. The average Bonchev–Trinajstić information content (AvgIpc) is 2.35. The van der Waals surface area contributed by atoms with Crippen LogP contribution in [-0.4, -0.2) is 31.1 Å². The molecule has 0 heterocycles. The number of carbonyl (C=O) groups is 1. The van der Waals surface area contributed by atoms with E-state index in [2.05, 4.69) is 49.9 Å². The first-order valence-electron chi connectivity index (χ1n) is 6.86. The van der Waals surface area contributed by atoms with Crippen LogP contribution in [0.15, 0.2) is 24.3 Å². The van der Waals surface area contributed by atoms with Crippen LogP contribution in [0.2, 0.25) is 0 Å². The van der Waals surface area contributed by atoms with Crippen molar-refractivity contribution in [2.24, 2.45) is 5.92 Å². The minimum atomic E-state index is -0.141. The van der Waals surface area contributed by atoms with Crippen LogP contribution in [0.4, 0.5) is 0 Å². The number of methoxy groups -OCH3 is 1. The van der Waals surface area contributed by atoms with Gasteiger partial charge in [0.2, 0.25) is 0 Å². The van der Waals surface area contributed by atoms with E-state index in [0.29, 0.717) is 12.3 Å². The van der Waals surface area contributed by atoms with Gasteiger partial charge in [-0.2, -0.15) is 0 Å². The lowest BCUT2D eigenvalue weighted by molar-refractivity contribution is -0.141. The summed E-state index contributed by atoms with van der Waals surface area (Å²) in [5, 5.41) is 0. The highest BCUT2D eigenvalue weighted by Crippen LogP contribution is 2.10. The molecule has 0 saturated carbocycles. The Morgan fingerprint density at radius 1 is 1.37 bits per heavy atom. The largest absolute Gasteiger partial charge is 0.469 e. The molecule has 0 spiro atoms. The van der Waals surface area contributed by atoms with Crippen LogP contribution in [0.3, 0.4) is 0 Å². The van der Waals surface area contributed by atoms with Gasteiger partial charge in [0.1, 0.15) is 0 Å². The Morgan fingerprint density at radius 3 is 2.68 bits per heavy atom. The Hall–Kier alpha value is -1.35. The minimum absolute atomic E-state index is 0.141. The van der Waals surface area contributed by atoms with Crippen LogP contribution >= 0.6 is 0 Å². The fraction of sp³-hybridized carbons (Fsp3) is 0.562. The summed E-state index contributed by atoms with van der Waals surface area (Å²) in [7, 11) is 1.44. The summed E-state index contributed by atoms with van der Waals surface area (Å²) in [6, 6.07) is 8.52. The average molecular weight is 263 g/mol. The monoisotopic (exact) mass is 263 g/mol. The Labute approximate surface area is 116 Å². The molecular formula is C16H25NO2. The highest BCUT2D eigenvalue weighted by atomic mass is 16.5. The van der Waals surface area contributed by atoms with Gasteiger partial charge in [-0.25, -0.2) is 0 Å². The molecule has 0 fully saturated rings. The summed E-state index contributed by atoms with van der Waals surface area (Å²) in [5.74, 6) is 0.445. The molecule has 0 aliphatic rings. The van der Waals surface area contributed by atoms with Crippen LogP contribution in [0.25, 0.3) is 0 Å². The van der Waals surface area contributed by atoms with Crippen LogP contribution in [-0.2, 0) is 16.1 Å². The van der Waals surface area contributed by atoms with E-state index in [9.17, 15) is 4.79 Å². The maximum absolute atomic E-state index is 11.3. The molecule has 0 bridgehead atoms. The number of aryl methyl sites for hydroxylation is 1. The van der Waals surface area contributed by atoms with Gasteiger partial charge in [0.05, 0.1) is 13.5 Å². The molecule has 0 radical (unpaired) electrons. The molecule has 1 rings (SSSR count). The lowest BCUT2D eigenvalue weighted by Gasteiger charge is -2.24. The molecule has 0 N–H and O–H groups in total. The summed E-state index contributed by atoms with van der Waals surface area (Å²) in [6.45, 7) is 9.12. The van der Waals surface area contributed by atoms with E-state index in [4.69, 9.17) is 4.74 Å². The predicted octanol–water partition coefficient (Wildman–Crippen LogP) is 3.02. The maximum atomic E-state index is 11.3. The van der Waals surface area contributed by atoms with E-state index in [1.54, 1.807) is 0 Å². The summed E-state index contributed by atoms with van der Waals surface area (Å²) >= 11 is 0. The predicted molar refractivity (Wildman–Crippen MR) is 77.9 cm³/mol. The van der Waals surface area contributed by atoms with Crippen molar-refractivity contribution in [2.75, 3.05) is 20.2 Å². The van der Waals surface area contributed by atoms with Gasteiger partial charge < -0.3 is 4.74 Å². The standard InChI is InChI=1S/C16H25NO2/c1-13(2)11-17(9-8-16(18)19-4)12-15-7-5-6-14(3)10-15/h5-7,10,13H,8-9,11-12H2,1-4H3. The van der Waals surface area contributed by atoms with E-state index < -0.39 is 0 Å². The topological polar surface area (TPSA) is 29.5 Å². The summed E-state index contributed by atoms with van der Waals surface area (Å²) in [4.78, 5) is 13.6.